The van der Waals surface area contributed by atoms with Crippen molar-refractivity contribution in [1.82, 2.24) is 9.80 Å². The molecule has 6 nitrogen and oxygen atoms in total. The Morgan fingerprint density at radius 2 is 1.75 bits per heavy atom. The summed E-state index contributed by atoms with van der Waals surface area (Å²) in [5.74, 6) is 1.52. The van der Waals surface area contributed by atoms with E-state index in [0.717, 1.165) is 44.5 Å². The number of carbonyl (C=O) groups excluding carboxylic acids is 2. The summed E-state index contributed by atoms with van der Waals surface area (Å²) in [6.45, 7) is 2.01. The molecule has 2 atom stereocenters. The first kappa shape index (κ1) is 22.2. The van der Waals surface area contributed by atoms with E-state index in [1.54, 1.807) is 12.0 Å². The Balaban J connectivity index is 1.41. The molecule has 6 heteroatoms. The standard InChI is InChI=1S/C26H32N2O4/c1-31-21-12-8-13-22(17-21)32-23-18-24(26(30)27-15-5-6-16-27)28(19-23)25(29)14-7-11-20-9-3-2-4-10-20/h2-4,8-10,12-13,17,23-24H,5-7,11,14-16,18-19H2,1H3/t23-,24-/m0/s1. The zero-order valence-corrected chi connectivity index (χ0v) is 18.7. The number of hydrogen-bond donors (Lipinski definition) is 0. The fourth-order valence-corrected chi connectivity index (χ4v) is 4.64. The molecule has 170 valence electrons. The molecule has 0 radical (unpaired) electrons. The first-order valence-electron chi connectivity index (χ1n) is 11.6. The van der Waals surface area contributed by atoms with Gasteiger partial charge in [-0.2, -0.15) is 0 Å². The molecule has 0 bridgehead atoms. The van der Waals surface area contributed by atoms with Crippen molar-refractivity contribution in [2.75, 3.05) is 26.7 Å². The van der Waals surface area contributed by atoms with Crippen LogP contribution in [0.3, 0.4) is 0 Å². The minimum absolute atomic E-state index is 0.0372. The zero-order valence-electron chi connectivity index (χ0n) is 18.7. The van der Waals surface area contributed by atoms with E-state index in [1.165, 1.54) is 5.56 Å². The van der Waals surface area contributed by atoms with Gasteiger partial charge in [0.2, 0.25) is 11.8 Å². The second-order valence-electron chi connectivity index (χ2n) is 8.59. The van der Waals surface area contributed by atoms with Crippen molar-refractivity contribution in [3.8, 4) is 11.5 Å². The molecule has 2 aliphatic heterocycles. The lowest BCUT2D eigenvalue weighted by molar-refractivity contribution is -0.143. The molecule has 2 aliphatic rings. The van der Waals surface area contributed by atoms with Gasteiger partial charge in [-0.1, -0.05) is 36.4 Å². The molecule has 2 saturated heterocycles. The molecule has 0 aromatic heterocycles. The van der Waals surface area contributed by atoms with Gasteiger partial charge in [-0.05, 0) is 43.4 Å². The first-order valence-corrected chi connectivity index (χ1v) is 11.6. The van der Waals surface area contributed by atoms with Gasteiger partial charge in [0.1, 0.15) is 23.6 Å². The van der Waals surface area contributed by atoms with Crippen LogP contribution >= 0.6 is 0 Å². The van der Waals surface area contributed by atoms with Gasteiger partial charge in [0.15, 0.2) is 0 Å². The van der Waals surface area contributed by atoms with Crippen molar-refractivity contribution in [2.24, 2.45) is 0 Å². The topological polar surface area (TPSA) is 59.1 Å². The molecule has 32 heavy (non-hydrogen) atoms. The van der Waals surface area contributed by atoms with Crippen molar-refractivity contribution in [2.45, 2.75) is 50.7 Å². The van der Waals surface area contributed by atoms with E-state index >= 15 is 0 Å². The number of nitrogens with zero attached hydrogens (tertiary/aromatic N) is 2. The number of benzene rings is 2. The molecule has 0 N–H and O–H groups in total. The number of amides is 2. The number of hydrogen-bond acceptors (Lipinski definition) is 4. The molecule has 2 aromatic carbocycles. The predicted octanol–water partition coefficient (Wildman–Crippen LogP) is 3.69. The highest BCUT2D eigenvalue weighted by Gasteiger charge is 2.42. The van der Waals surface area contributed by atoms with Gasteiger partial charge >= 0.3 is 0 Å². The minimum Gasteiger partial charge on any atom is -0.497 e. The summed E-state index contributed by atoms with van der Waals surface area (Å²) in [5.41, 5.74) is 1.23. The highest BCUT2D eigenvalue weighted by molar-refractivity contribution is 5.88. The highest BCUT2D eigenvalue weighted by atomic mass is 16.5. The number of methoxy groups -OCH3 is 1. The van der Waals surface area contributed by atoms with Crippen LogP contribution in [0.4, 0.5) is 0 Å². The lowest BCUT2D eigenvalue weighted by Gasteiger charge is -2.27. The Hall–Kier alpha value is -3.02. The molecule has 0 saturated carbocycles. The van der Waals surface area contributed by atoms with Gasteiger partial charge in [-0.25, -0.2) is 0 Å². The molecule has 0 aliphatic carbocycles. The van der Waals surface area contributed by atoms with Gasteiger partial charge < -0.3 is 19.3 Å². The second kappa shape index (κ2) is 10.5. The fourth-order valence-electron chi connectivity index (χ4n) is 4.64. The molecule has 2 heterocycles. The summed E-state index contributed by atoms with van der Waals surface area (Å²) in [7, 11) is 1.62. The number of ether oxygens (including phenoxy) is 2. The Morgan fingerprint density at radius 3 is 2.50 bits per heavy atom. The van der Waals surface area contributed by atoms with Crippen molar-refractivity contribution in [3.05, 3.63) is 60.2 Å². The Morgan fingerprint density at radius 1 is 1.00 bits per heavy atom. The van der Waals surface area contributed by atoms with Crippen molar-refractivity contribution >= 4 is 11.8 Å². The monoisotopic (exact) mass is 436 g/mol. The van der Waals surface area contributed by atoms with Crippen LogP contribution in [0.15, 0.2) is 54.6 Å². The molecular formula is C26H32N2O4. The van der Waals surface area contributed by atoms with E-state index in [0.29, 0.717) is 25.1 Å². The third-order valence-electron chi connectivity index (χ3n) is 6.33. The number of carbonyl (C=O) groups is 2. The van der Waals surface area contributed by atoms with Crippen LogP contribution < -0.4 is 9.47 Å². The maximum absolute atomic E-state index is 13.2. The Kier molecular flexibility index (Phi) is 7.30. The van der Waals surface area contributed by atoms with Crippen LogP contribution in [0.1, 0.15) is 37.7 Å². The van der Waals surface area contributed by atoms with Crippen LogP contribution in [0.5, 0.6) is 11.5 Å². The average molecular weight is 437 g/mol. The number of rotatable bonds is 8. The van der Waals surface area contributed by atoms with Crippen molar-refractivity contribution in [3.63, 3.8) is 0 Å². The summed E-state index contributed by atoms with van der Waals surface area (Å²) in [6.07, 6.45) is 4.44. The van der Waals surface area contributed by atoms with Crippen LogP contribution in [0.25, 0.3) is 0 Å². The van der Waals surface area contributed by atoms with Crippen LogP contribution in [-0.4, -0.2) is 60.5 Å². The minimum atomic E-state index is -0.437. The van der Waals surface area contributed by atoms with E-state index in [9.17, 15) is 9.59 Å². The molecule has 4 rings (SSSR count). The maximum Gasteiger partial charge on any atom is 0.245 e. The van der Waals surface area contributed by atoms with Crippen LogP contribution in [-0.2, 0) is 16.0 Å². The largest absolute Gasteiger partial charge is 0.497 e. The van der Waals surface area contributed by atoms with Gasteiger partial charge in [0, 0.05) is 32.0 Å². The number of likely N-dealkylation sites (tertiary alicyclic amines) is 2. The smallest absolute Gasteiger partial charge is 0.245 e. The molecular weight excluding hydrogens is 404 g/mol. The predicted molar refractivity (Wildman–Crippen MR) is 123 cm³/mol. The van der Waals surface area contributed by atoms with E-state index in [4.69, 9.17) is 9.47 Å². The van der Waals surface area contributed by atoms with Crippen molar-refractivity contribution in [1.29, 1.82) is 0 Å². The normalized spacial score (nSPS) is 20.4. The number of aryl methyl sites for hydroxylation is 1. The van der Waals surface area contributed by atoms with E-state index in [-0.39, 0.29) is 17.9 Å². The van der Waals surface area contributed by atoms with E-state index < -0.39 is 6.04 Å². The maximum atomic E-state index is 13.2. The summed E-state index contributed by atoms with van der Waals surface area (Å²) in [5, 5.41) is 0. The Bertz CT molecular complexity index is 911. The van der Waals surface area contributed by atoms with E-state index in [2.05, 4.69) is 12.1 Å². The van der Waals surface area contributed by atoms with Crippen LogP contribution in [0.2, 0.25) is 0 Å². The van der Waals surface area contributed by atoms with Crippen molar-refractivity contribution < 1.29 is 19.1 Å². The van der Waals surface area contributed by atoms with E-state index in [1.807, 2.05) is 47.4 Å². The third-order valence-corrected chi connectivity index (χ3v) is 6.33. The van der Waals surface area contributed by atoms with Gasteiger partial charge in [-0.3, -0.25) is 9.59 Å². The van der Waals surface area contributed by atoms with Crippen LogP contribution in [0, 0.1) is 0 Å². The lowest BCUT2D eigenvalue weighted by atomic mass is 10.1. The summed E-state index contributed by atoms with van der Waals surface area (Å²) < 4.78 is 11.5. The third kappa shape index (κ3) is 5.42. The quantitative estimate of drug-likeness (QED) is 0.633. The second-order valence-corrected chi connectivity index (χ2v) is 8.59. The summed E-state index contributed by atoms with van der Waals surface area (Å²) in [6, 6.07) is 17.2. The van der Waals surface area contributed by atoms with Gasteiger partial charge in [-0.15, -0.1) is 0 Å². The lowest BCUT2D eigenvalue weighted by Crippen LogP contribution is -2.46. The zero-order chi connectivity index (χ0) is 22.3. The van der Waals surface area contributed by atoms with Gasteiger partial charge in [0.05, 0.1) is 13.7 Å². The molecule has 0 spiro atoms. The highest BCUT2D eigenvalue weighted by Crippen LogP contribution is 2.28. The summed E-state index contributed by atoms with van der Waals surface area (Å²) in [4.78, 5) is 30.0. The van der Waals surface area contributed by atoms with Gasteiger partial charge in [0.25, 0.3) is 0 Å². The average Bonchev–Trinajstić information content (AvgIpc) is 3.50. The fraction of sp³-hybridized carbons (Fsp3) is 0.462. The molecule has 0 unspecified atom stereocenters. The first-order chi connectivity index (χ1) is 15.6. The SMILES string of the molecule is COc1cccc(O[C@H]2C[C@@H](C(=O)N3CCCC3)N(C(=O)CCCc3ccccc3)C2)c1. The molecule has 2 fully saturated rings. The Labute approximate surface area is 190 Å². The molecule has 2 aromatic rings. The molecule has 2 amide bonds. The summed E-state index contributed by atoms with van der Waals surface area (Å²) >= 11 is 0.